The Bertz CT molecular complexity index is 355. The summed E-state index contributed by atoms with van der Waals surface area (Å²) in [5, 5.41) is 13.6. The third kappa shape index (κ3) is 5.43. The number of carboxylic acid groups (broad SMARTS) is 1. The zero-order valence-corrected chi connectivity index (χ0v) is 11.6. The van der Waals surface area contributed by atoms with E-state index >= 15 is 0 Å². The van der Waals surface area contributed by atoms with Gasteiger partial charge in [-0.15, -0.1) is 0 Å². The molecule has 1 unspecified atom stereocenters. The van der Waals surface area contributed by atoms with Crippen LogP contribution in [-0.4, -0.2) is 67.3 Å². The molecule has 8 nitrogen and oxygen atoms in total. The normalized spacial score (nSPS) is 15.8. The molecular formula is C12H21N3O5. The van der Waals surface area contributed by atoms with E-state index < -0.39 is 18.0 Å². The Kier molecular flexibility index (Phi) is 6.78. The molecule has 1 fully saturated rings. The predicted molar refractivity (Wildman–Crippen MR) is 70.3 cm³/mol. The number of likely N-dealkylation sites (tertiary alicyclic amines) is 1. The molecule has 0 spiro atoms. The standard InChI is InChI=1S/C12H21N3O5/c1-20-7-4-9(11(17)18)14-12(19)13-8-10(16)15-5-2-3-6-15/h9H,2-8H2,1H3,(H,17,18)(H2,13,14,19). The average Bonchev–Trinajstić information content (AvgIpc) is 2.94. The van der Waals surface area contributed by atoms with Gasteiger partial charge in [0.2, 0.25) is 5.91 Å². The van der Waals surface area contributed by atoms with Crippen molar-refractivity contribution < 1.29 is 24.2 Å². The Morgan fingerprint density at radius 3 is 2.50 bits per heavy atom. The van der Waals surface area contributed by atoms with E-state index in [-0.39, 0.29) is 25.5 Å². The highest BCUT2D eigenvalue weighted by atomic mass is 16.5. The summed E-state index contributed by atoms with van der Waals surface area (Å²) in [7, 11) is 1.45. The number of rotatable bonds is 7. The van der Waals surface area contributed by atoms with E-state index in [1.165, 1.54) is 7.11 Å². The van der Waals surface area contributed by atoms with Crippen molar-refractivity contribution in [2.45, 2.75) is 25.3 Å². The number of urea groups is 1. The number of hydrogen-bond acceptors (Lipinski definition) is 4. The minimum Gasteiger partial charge on any atom is -0.480 e. The highest BCUT2D eigenvalue weighted by molar-refractivity contribution is 5.86. The Morgan fingerprint density at radius 1 is 1.30 bits per heavy atom. The van der Waals surface area contributed by atoms with Gasteiger partial charge in [0.05, 0.1) is 6.54 Å². The van der Waals surface area contributed by atoms with Gasteiger partial charge in [-0.1, -0.05) is 0 Å². The molecule has 1 heterocycles. The first kappa shape index (κ1) is 16.2. The van der Waals surface area contributed by atoms with Gasteiger partial charge >= 0.3 is 12.0 Å². The fourth-order valence-corrected chi connectivity index (χ4v) is 1.94. The van der Waals surface area contributed by atoms with Gasteiger partial charge in [0.1, 0.15) is 6.04 Å². The quantitative estimate of drug-likeness (QED) is 0.579. The van der Waals surface area contributed by atoms with Crippen LogP contribution in [0.25, 0.3) is 0 Å². The van der Waals surface area contributed by atoms with Crippen LogP contribution >= 0.6 is 0 Å². The zero-order chi connectivity index (χ0) is 15.0. The lowest BCUT2D eigenvalue weighted by atomic mass is 10.2. The van der Waals surface area contributed by atoms with Gasteiger partial charge in [-0.3, -0.25) is 4.79 Å². The minimum absolute atomic E-state index is 0.123. The predicted octanol–water partition coefficient (Wildman–Crippen LogP) is -0.602. The number of hydrogen-bond donors (Lipinski definition) is 3. The van der Waals surface area contributed by atoms with Crippen LogP contribution in [-0.2, 0) is 14.3 Å². The Hall–Kier alpha value is -1.83. The molecular weight excluding hydrogens is 266 g/mol. The number of methoxy groups -OCH3 is 1. The molecule has 114 valence electrons. The van der Waals surface area contributed by atoms with Gasteiger partial charge in [-0.2, -0.15) is 0 Å². The second-order valence-corrected chi connectivity index (χ2v) is 4.59. The van der Waals surface area contributed by atoms with Crippen molar-refractivity contribution in [2.24, 2.45) is 0 Å². The van der Waals surface area contributed by atoms with Gasteiger partial charge in [-0.05, 0) is 12.8 Å². The van der Waals surface area contributed by atoms with Gasteiger partial charge in [0, 0.05) is 33.2 Å². The summed E-state index contributed by atoms with van der Waals surface area (Å²) in [6.07, 6.45) is 2.13. The number of ether oxygens (including phenoxy) is 1. The lowest BCUT2D eigenvalue weighted by Gasteiger charge is -2.17. The fourth-order valence-electron chi connectivity index (χ4n) is 1.94. The highest BCUT2D eigenvalue weighted by Crippen LogP contribution is 2.06. The average molecular weight is 287 g/mol. The van der Waals surface area contributed by atoms with Crippen LogP contribution in [0.1, 0.15) is 19.3 Å². The lowest BCUT2D eigenvalue weighted by Crippen LogP contribution is -2.49. The summed E-state index contributed by atoms with van der Waals surface area (Å²) in [4.78, 5) is 35.8. The van der Waals surface area contributed by atoms with Crippen LogP contribution in [0.15, 0.2) is 0 Å². The molecule has 0 radical (unpaired) electrons. The molecule has 1 rings (SSSR count). The van der Waals surface area contributed by atoms with Crippen LogP contribution in [0.2, 0.25) is 0 Å². The maximum Gasteiger partial charge on any atom is 0.326 e. The molecule has 3 N–H and O–H groups in total. The summed E-state index contributed by atoms with van der Waals surface area (Å²) in [6.45, 7) is 1.54. The van der Waals surface area contributed by atoms with E-state index in [1.807, 2.05) is 0 Å². The highest BCUT2D eigenvalue weighted by Gasteiger charge is 2.21. The molecule has 20 heavy (non-hydrogen) atoms. The molecule has 8 heteroatoms. The first-order chi connectivity index (χ1) is 9.54. The van der Waals surface area contributed by atoms with Gasteiger partial charge in [0.25, 0.3) is 0 Å². The molecule has 0 aromatic rings. The minimum atomic E-state index is -1.14. The number of amides is 3. The van der Waals surface area contributed by atoms with E-state index in [1.54, 1.807) is 4.90 Å². The number of nitrogens with zero attached hydrogens (tertiary/aromatic N) is 1. The van der Waals surface area contributed by atoms with Crippen LogP contribution in [0.3, 0.4) is 0 Å². The molecule has 0 bridgehead atoms. The number of nitrogens with one attached hydrogen (secondary N) is 2. The first-order valence-electron chi connectivity index (χ1n) is 6.58. The van der Waals surface area contributed by atoms with Crippen LogP contribution < -0.4 is 10.6 Å². The maximum atomic E-state index is 11.7. The van der Waals surface area contributed by atoms with E-state index in [0.717, 1.165) is 12.8 Å². The Morgan fingerprint density at radius 2 is 1.95 bits per heavy atom. The first-order valence-corrected chi connectivity index (χ1v) is 6.58. The van der Waals surface area contributed by atoms with Crippen LogP contribution in [0.5, 0.6) is 0 Å². The Labute approximate surface area is 117 Å². The van der Waals surface area contributed by atoms with E-state index in [9.17, 15) is 14.4 Å². The van der Waals surface area contributed by atoms with Crippen molar-refractivity contribution in [1.29, 1.82) is 0 Å². The largest absolute Gasteiger partial charge is 0.480 e. The molecule has 1 atom stereocenters. The SMILES string of the molecule is COCCC(NC(=O)NCC(=O)N1CCCC1)C(=O)O. The summed E-state index contributed by atoms with van der Waals surface area (Å²) >= 11 is 0. The summed E-state index contributed by atoms with van der Waals surface area (Å²) in [5.41, 5.74) is 0. The van der Waals surface area contributed by atoms with Gasteiger partial charge in [0.15, 0.2) is 0 Å². The second-order valence-electron chi connectivity index (χ2n) is 4.59. The third-order valence-electron chi connectivity index (χ3n) is 3.07. The smallest absolute Gasteiger partial charge is 0.326 e. The van der Waals surface area contributed by atoms with Crippen molar-refractivity contribution in [1.82, 2.24) is 15.5 Å². The second kappa shape index (κ2) is 8.36. The number of carboxylic acids is 1. The number of carbonyl (C=O) groups is 3. The number of aliphatic carboxylic acids is 1. The zero-order valence-electron chi connectivity index (χ0n) is 11.6. The van der Waals surface area contributed by atoms with E-state index in [2.05, 4.69) is 10.6 Å². The van der Waals surface area contributed by atoms with Gasteiger partial charge < -0.3 is 25.4 Å². The van der Waals surface area contributed by atoms with Crippen molar-refractivity contribution in [3.63, 3.8) is 0 Å². The monoisotopic (exact) mass is 287 g/mol. The molecule has 3 amide bonds. The van der Waals surface area contributed by atoms with Crippen molar-refractivity contribution >= 4 is 17.9 Å². The van der Waals surface area contributed by atoms with Crippen molar-refractivity contribution in [3.8, 4) is 0 Å². The lowest BCUT2D eigenvalue weighted by molar-refractivity contribution is -0.139. The third-order valence-corrected chi connectivity index (χ3v) is 3.07. The maximum absolute atomic E-state index is 11.7. The van der Waals surface area contributed by atoms with Crippen LogP contribution in [0, 0.1) is 0 Å². The van der Waals surface area contributed by atoms with Gasteiger partial charge in [-0.25, -0.2) is 9.59 Å². The Balaban J connectivity index is 2.30. The summed E-state index contributed by atoms with van der Waals surface area (Å²) in [5.74, 6) is -1.29. The molecule has 0 aromatic carbocycles. The van der Waals surface area contributed by atoms with Crippen molar-refractivity contribution in [2.75, 3.05) is 33.4 Å². The summed E-state index contributed by atoms with van der Waals surface area (Å²) in [6, 6.07) is -1.70. The molecule has 1 aliphatic rings. The fraction of sp³-hybridized carbons (Fsp3) is 0.750. The van der Waals surface area contributed by atoms with Crippen molar-refractivity contribution in [3.05, 3.63) is 0 Å². The van der Waals surface area contributed by atoms with Crippen LogP contribution in [0.4, 0.5) is 4.79 Å². The van der Waals surface area contributed by atoms with E-state index in [0.29, 0.717) is 13.1 Å². The molecule has 0 aliphatic carbocycles. The van der Waals surface area contributed by atoms with E-state index in [4.69, 9.17) is 9.84 Å². The number of carbonyl (C=O) groups excluding carboxylic acids is 2. The molecule has 0 aromatic heterocycles. The topological polar surface area (TPSA) is 108 Å². The molecule has 0 saturated carbocycles. The molecule has 1 aliphatic heterocycles. The summed E-state index contributed by atoms with van der Waals surface area (Å²) < 4.78 is 4.77. The molecule has 1 saturated heterocycles.